The number of nitriles is 1. The van der Waals surface area contributed by atoms with Gasteiger partial charge in [0, 0.05) is 31.0 Å². The lowest BCUT2D eigenvalue weighted by Gasteiger charge is -2.39. The van der Waals surface area contributed by atoms with Crippen molar-refractivity contribution in [2.45, 2.75) is 19.9 Å². The van der Waals surface area contributed by atoms with Gasteiger partial charge in [-0.3, -0.25) is 0 Å². The molecule has 0 fully saturated rings. The van der Waals surface area contributed by atoms with E-state index in [-0.39, 0.29) is 6.04 Å². The molecule has 3 rings (SSSR count). The van der Waals surface area contributed by atoms with E-state index in [4.69, 9.17) is 5.43 Å². The number of hydrogen-bond acceptors (Lipinski definition) is 3. The smallest absolute Gasteiger partial charge is 0.101 e. The van der Waals surface area contributed by atoms with Gasteiger partial charge in [0.2, 0.25) is 0 Å². The first-order chi connectivity index (χ1) is 10.6. The second-order valence-corrected chi connectivity index (χ2v) is 5.77. The summed E-state index contributed by atoms with van der Waals surface area (Å²) >= 11 is 0. The van der Waals surface area contributed by atoms with Crippen molar-refractivity contribution < 1.29 is 0 Å². The van der Waals surface area contributed by atoms with Crippen molar-refractivity contribution in [1.82, 2.24) is 0 Å². The molecule has 0 aliphatic carbocycles. The van der Waals surface area contributed by atoms with Crippen LogP contribution in [-0.2, 0) is 0 Å². The Hall–Kier alpha value is -2.67. The molecule has 2 aromatic rings. The van der Waals surface area contributed by atoms with E-state index in [1.165, 1.54) is 0 Å². The number of fused-ring (bicyclic) bond motifs is 1. The second-order valence-electron chi connectivity index (χ2n) is 5.77. The lowest BCUT2D eigenvalue weighted by Crippen LogP contribution is -2.36. The summed E-state index contributed by atoms with van der Waals surface area (Å²) in [6.45, 7) is 4.93. The minimum Gasteiger partial charge on any atom is -0.593 e. The number of para-hydroxylation sites is 1. The third-order valence-corrected chi connectivity index (χ3v) is 4.09. The predicted molar refractivity (Wildman–Crippen MR) is 90.6 cm³/mol. The Bertz CT molecular complexity index is 718. The second kappa shape index (κ2) is 5.61. The number of aryl methyl sites for hydroxylation is 1. The minimum absolute atomic E-state index is 0.250. The van der Waals surface area contributed by atoms with Crippen LogP contribution in [0.3, 0.4) is 0 Å². The maximum Gasteiger partial charge on any atom is 0.101 e. The van der Waals surface area contributed by atoms with Gasteiger partial charge in [-0.05, 0) is 32.0 Å². The van der Waals surface area contributed by atoms with E-state index in [1.54, 1.807) is 0 Å². The van der Waals surface area contributed by atoms with E-state index in [0.29, 0.717) is 5.56 Å². The molecule has 4 heteroatoms. The van der Waals surface area contributed by atoms with E-state index in [1.807, 2.05) is 49.3 Å². The van der Waals surface area contributed by atoms with Gasteiger partial charge in [-0.15, -0.1) is 0 Å². The molecule has 1 aliphatic heterocycles. The highest BCUT2D eigenvalue weighted by Gasteiger charge is 2.20. The van der Waals surface area contributed by atoms with Crippen LogP contribution in [0.2, 0.25) is 0 Å². The first kappa shape index (κ1) is 14.3. The molecule has 0 saturated carbocycles. The van der Waals surface area contributed by atoms with Crippen LogP contribution < -0.4 is 9.91 Å². The summed E-state index contributed by atoms with van der Waals surface area (Å²) in [6.07, 6.45) is 0. The van der Waals surface area contributed by atoms with Gasteiger partial charge in [0.1, 0.15) is 6.07 Å². The van der Waals surface area contributed by atoms with Gasteiger partial charge in [0.05, 0.1) is 5.56 Å². The Morgan fingerprint density at radius 1 is 1.23 bits per heavy atom. The van der Waals surface area contributed by atoms with Gasteiger partial charge < -0.3 is 15.3 Å². The van der Waals surface area contributed by atoms with Crippen molar-refractivity contribution in [3.63, 3.8) is 0 Å². The van der Waals surface area contributed by atoms with E-state index in [9.17, 15) is 5.26 Å². The molecule has 0 amide bonds. The number of hydrogen-bond donors (Lipinski definition) is 0. The quantitative estimate of drug-likeness (QED) is 0.793. The summed E-state index contributed by atoms with van der Waals surface area (Å²) in [5.41, 5.74) is 9.39. The molecular weight excluding hydrogens is 272 g/mol. The molecule has 1 aliphatic rings. The van der Waals surface area contributed by atoms with Crippen LogP contribution >= 0.6 is 0 Å². The third kappa shape index (κ3) is 2.46. The molecule has 1 heterocycles. The van der Waals surface area contributed by atoms with Gasteiger partial charge in [-0.1, -0.05) is 35.5 Å². The monoisotopic (exact) mass is 291 g/mol. The fourth-order valence-electron chi connectivity index (χ4n) is 2.82. The molecule has 0 radical (unpaired) electrons. The Morgan fingerprint density at radius 3 is 2.64 bits per heavy atom. The van der Waals surface area contributed by atoms with Gasteiger partial charge in [0.25, 0.3) is 0 Å². The first-order valence-corrected chi connectivity index (χ1v) is 7.42. The Kier molecular flexibility index (Phi) is 3.64. The molecule has 1 atom stereocenters. The van der Waals surface area contributed by atoms with Crippen LogP contribution in [0.15, 0.2) is 42.5 Å². The molecule has 0 saturated heterocycles. The van der Waals surface area contributed by atoms with Crippen LogP contribution in [-0.4, -0.2) is 19.6 Å². The molecule has 4 nitrogen and oxygen atoms in total. The summed E-state index contributed by atoms with van der Waals surface area (Å²) in [7, 11) is 2.03. The zero-order valence-electron chi connectivity index (χ0n) is 13.1. The van der Waals surface area contributed by atoms with Crippen molar-refractivity contribution in [2.75, 3.05) is 23.5 Å². The van der Waals surface area contributed by atoms with Crippen molar-refractivity contribution in [2.24, 2.45) is 0 Å². The van der Waals surface area contributed by atoms with Crippen LogP contribution in [0.5, 0.6) is 0 Å². The van der Waals surface area contributed by atoms with Crippen LogP contribution in [0.4, 0.5) is 17.1 Å². The predicted octanol–water partition coefficient (Wildman–Crippen LogP) is 4.13. The Labute approximate surface area is 131 Å². The number of nitrogens with zero attached hydrogens (tertiary/aromatic N) is 4. The summed E-state index contributed by atoms with van der Waals surface area (Å²) in [6, 6.07) is 16.7. The van der Waals surface area contributed by atoms with Crippen molar-refractivity contribution >= 4 is 17.1 Å². The van der Waals surface area contributed by atoms with E-state index < -0.39 is 0 Å². The van der Waals surface area contributed by atoms with Crippen molar-refractivity contribution in [1.29, 1.82) is 5.26 Å². The first-order valence-electron chi connectivity index (χ1n) is 7.42. The molecule has 1 unspecified atom stereocenters. The topological polar surface area (TPSA) is 44.4 Å². The summed E-state index contributed by atoms with van der Waals surface area (Å²) in [4.78, 5) is 2.15. The summed E-state index contributed by atoms with van der Waals surface area (Å²) in [5, 5.41) is 11.5. The average molecular weight is 291 g/mol. The average Bonchev–Trinajstić information content (AvgIpc) is 2.65. The number of likely N-dealkylation sites (N-methyl/N-ethyl adjacent to an activating group) is 1. The normalized spacial score (nSPS) is 17.3. The molecule has 0 aromatic heterocycles. The third-order valence-electron chi connectivity index (χ3n) is 4.09. The highest BCUT2D eigenvalue weighted by Crippen LogP contribution is 2.41. The van der Waals surface area contributed by atoms with Crippen LogP contribution in [0, 0.1) is 18.3 Å². The Balaban J connectivity index is 2.10. The Morgan fingerprint density at radius 2 is 1.95 bits per heavy atom. The minimum atomic E-state index is 0.250. The summed E-state index contributed by atoms with van der Waals surface area (Å²) < 4.78 is 0. The van der Waals surface area contributed by atoms with E-state index >= 15 is 0 Å². The standard InChI is InChI=1S/C18H19N4/c1-13-9-15(11-19)18-17(10-13)20-22(12-14(2)21(18)3)16-7-5-4-6-8-16/h4-10,14H,12H2,1-3H3/q-1. The molecular formula is C18H19N4-. The van der Waals surface area contributed by atoms with Crippen molar-refractivity contribution in [3.8, 4) is 6.07 Å². The maximum atomic E-state index is 9.46. The fraction of sp³-hybridized carbons (Fsp3) is 0.278. The highest BCUT2D eigenvalue weighted by molar-refractivity contribution is 5.82. The van der Waals surface area contributed by atoms with Gasteiger partial charge in [-0.2, -0.15) is 5.26 Å². The lowest BCUT2D eigenvalue weighted by molar-refractivity contribution is 0.688. The zero-order chi connectivity index (χ0) is 15.7. The zero-order valence-corrected chi connectivity index (χ0v) is 13.1. The molecule has 0 N–H and O–H groups in total. The van der Waals surface area contributed by atoms with Crippen LogP contribution in [0.25, 0.3) is 5.43 Å². The maximum absolute atomic E-state index is 9.46. The molecule has 2 aromatic carbocycles. The number of anilines is 2. The van der Waals surface area contributed by atoms with Gasteiger partial charge >= 0.3 is 0 Å². The van der Waals surface area contributed by atoms with Crippen LogP contribution in [0.1, 0.15) is 18.1 Å². The van der Waals surface area contributed by atoms with Crippen molar-refractivity contribution in [3.05, 3.63) is 59.0 Å². The largest absolute Gasteiger partial charge is 0.593 e. The number of rotatable bonds is 1. The molecule has 22 heavy (non-hydrogen) atoms. The van der Waals surface area contributed by atoms with Gasteiger partial charge in [-0.25, -0.2) is 0 Å². The molecule has 112 valence electrons. The molecule has 0 spiro atoms. The fourth-order valence-corrected chi connectivity index (χ4v) is 2.82. The van der Waals surface area contributed by atoms with E-state index in [2.05, 4.69) is 30.0 Å². The highest BCUT2D eigenvalue weighted by atomic mass is 15.5. The lowest BCUT2D eigenvalue weighted by atomic mass is 10.1. The SMILES string of the molecule is Cc1cc(C#N)c2c(c1)[N-]N(c1ccccc1)CC(C)N2C. The summed E-state index contributed by atoms with van der Waals surface area (Å²) in [5.74, 6) is 0. The number of benzene rings is 2. The van der Waals surface area contributed by atoms with E-state index in [0.717, 1.165) is 29.2 Å². The molecule has 0 bridgehead atoms. The van der Waals surface area contributed by atoms with Gasteiger partial charge in [0.15, 0.2) is 0 Å².